The molecular weight excluding hydrogens is 519 g/mol. The van der Waals surface area contributed by atoms with Crippen LogP contribution in [0.2, 0.25) is 0 Å². The summed E-state index contributed by atoms with van der Waals surface area (Å²) >= 11 is 1.42. The normalized spacial score (nSPS) is 14.2. The highest BCUT2D eigenvalue weighted by molar-refractivity contribution is 7.98. The van der Waals surface area contributed by atoms with Gasteiger partial charge in [0, 0.05) is 34.7 Å². The fourth-order valence-corrected chi connectivity index (χ4v) is 5.24. The van der Waals surface area contributed by atoms with E-state index in [-0.39, 0.29) is 28.6 Å². The molecule has 0 saturated heterocycles. The van der Waals surface area contributed by atoms with Crippen LogP contribution in [0, 0.1) is 12.7 Å². The molecule has 0 atom stereocenters. The summed E-state index contributed by atoms with van der Waals surface area (Å²) in [7, 11) is 0. The van der Waals surface area contributed by atoms with E-state index < -0.39 is 11.8 Å². The molecule has 3 heterocycles. The third kappa shape index (κ3) is 5.40. The molecule has 5 rings (SSSR count). The van der Waals surface area contributed by atoms with E-state index in [0.29, 0.717) is 33.2 Å². The monoisotopic (exact) mass is 550 g/mol. The predicted octanol–water partition coefficient (Wildman–Crippen LogP) is 6.67. The number of hydrogen-bond donors (Lipinski definition) is 2. The highest BCUT2D eigenvalue weighted by Crippen LogP contribution is 2.34. The molecule has 4 aromatic rings. The van der Waals surface area contributed by atoms with Crippen LogP contribution in [0.5, 0.6) is 0 Å². The van der Waals surface area contributed by atoms with Crippen LogP contribution in [0.1, 0.15) is 63.8 Å². The van der Waals surface area contributed by atoms with Crippen molar-refractivity contribution in [3.8, 4) is 11.1 Å². The maximum atomic E-state index is 15.0. The molecule has 1 aliphatic rings. The molecule has 3 aromatic heterocycles. The van der Waals surface area contributed by atoms with Crippen LogP contribution in [0.25, 0.3) is 22.2 Å². The van der Waals surface area contributed by atoms with Crippen molar-refractivity contribution in [2.75, 3.05) is 16.9 Å². The van der Waals surface area contributed by atoms with Gasteiger partial charge in [-0.1, -0.05) is 50.5 Å². The van der Waals surface area contributed by atoms with E-state index in [9.17, 15) is 14.0 Å². The molecule has 0 aliphatic heterocycles. The number of benzene rings is 1. The Bertz CT molecular complexity index is 1620. The van der Waals surface area contributed by atoms with Crippen molar-refractivity contribution in [1.29, 1.82) is 0 Å². The Labute approximate surface area is 229 Å². The zero-order valence-corrected chi connectivity index (χ0v) is 23.4. The summed E-state index contributed by atoms with van der Waals surface area (Å²) in [5, 5.41) is 10.4. The second-order valence-corrected chi connectivity index (χ2v) is 11.6. The molecular formula is C28H31FN6O3S. The molecule has 1 fully saturated rings. The third-order valence-electron chi connectivity index (χ3n) is 6.99. The standard InChI is InChI=1S/C28H31FN6O3S/c1-15-10-20(29)21(31-26(37)32-23-13-22(34-38-23)28(2,3)4)12-18(15)19-11-16-14-30-27(39-5)33-24(16)35(25(19)36)17-8-6-7-9-17/h10-14,17H,6-9H2,1-5H3,(H2,31,32,37). The molecule has 0 unspecified atom stereocenters. The number of aryl methyl sites for hydroxylation is 1. The van der Waals surface area contributed by atoms with Gasteiger partial charge in [-0.3, -0.25) is 14.7 Å². The van der Waals surface area contributed by atoms with Crippen molar-refractivity contribution in [2.45, 2.75) is 70.0 Å². The average Bonchev–Trinajstić information content (AvgIpc) is 3.58. The third-order valence-corrected chi connectivity index (χ3v) is 7.55. The number of amides is 2. The molecule has 11 heteroatoms. The van der Waals surface area contributed by atoms with Gasteiger partial charge in [0.2, 0.25) is 5.88 Å². The van der Waals surface area contributed by atoms with E-state index in [1.165, 1.54) is 23.9 Å². The van der Waals surface area contributed by atoms with Gasteiger partial charge in [0.1, 0.15) is 11.5 Å². The van der Waals surface area contributed by atoms with E-state index >= 15 is 0 Å². The van der Waals surface area contributed by atoms with Gasteiger partial charge in [-0.15, -0.1) is 0 Å². The van der Waals surface area contributed by atoms with Crippen molar-refractivity contribution in [3.05, 3.63) is 57.9 Å². The molecule has 0 spiro atoms. The number of thioether (sulfide) groups is 1. The minimum Gasteiger partial charge on any atom is -0.338 e. The van der Waals surface area contributed by atoms with Crippen LogP contribution in [0.3, 0.4) is 0 Å². The summed E-state index contributed by atoms with van der Waals surface area (Å²) in [4.78, 5) is 35.7. The Hall–Kier alpha value is -3.73. The first-order chi connectivity index (χ1) is 18.5. The van der Waals surface area contributed by atoms with Gasteiger partial charge in [0.15, 0.2) is 5.16 Å². The number of nitrogens with one attached hydrogen (secondary N) is 2. The number of nitrogens with zero attached hydrogens (tertiary/aromatic N) is 4. The number of rotatable bonds is 5. The Morgan fingerprint density at radius 2 is 1.87 bits per heavy atom. The molecule has 1 saturated carbocycles. The lowest BCUT2D eigenvalue weighted by molar-refractivity contribution is 0.261. The van der Waals surface area contributed by atoms with E-state index in [1.807, 2.05) is 27.0 Å². The number of carbonyl (C=O) groups is 1. The van der Waals surface area contributed by atoms with Crippen LogP contribution in [-0.4, -0.2) is 32.0 Å². The number of anilines is 2. The minimum atomic E-state index is -0.694. The highest BCUT2D eigenvalue weighted by atomic mass is 32.2. The number of hydrogen-bond acceptors (Lipinski definition) is 7. The summed E-state index contributed by atoms with van der Waals surface area (Å²) in [5.41, 5.74) is 2.25. The molecule has 9 nitrogen and oxygen atoms in total. The van der Waals surface area contributed by atoms with Gasteiger partial charge < -0.3 is 9.84 Å². The van der Waals surface area contributed by atoms with E-state index in [4.69, 9.17) is 4.52 Å². The van der Waals surface area contributed by atoms with Crippen LogP contribution < -0.4 is 16.2 Å². The average molecular weight is 551 g/mol. The zero-order valence-electron chi connectivity index (χ0n) is 22.6. The van der Waals surface area contributed by atoms with Crippen LogP contribution in [0.4, 0.5) is 20.8 Å². The maximum absolute atomic E-state index is 15.0. The summed E-state index contributed by atoms with van der Waals surface area (Å²) in [5.74, 6) is -0.479. The van der Waals surface area contributed by atoms with E-state index in [1.54, 1.807) is 29.8 Å². The maximum Gasteiger partial charge on any atom is 0.326 e. The number of halogens is 1. The van der Waals surface area contributed by atoms with Crippen LogP contribution in [0.15, 0.2) is 44.9 Å². The topological polar surface area (TPSA) is 115 Å². The minimum absolute atomic E-state index is 0.0357. The van der Waals surface area contributed by atoms with Crippen molar-refractivity contribution >= 4 is 40.4 Å². The lowest BCUT2D eigenvalue weighted by atomic mass is 9.92. The molecule has 2 N–H and O–H groups in total. The Morgan fingerprint density at radius 3 is 2.54 bits per heavy atom. The highest BCUT2D eigenvalue weighted by Gasteiger charge is 2.25. The first-order valence-electron chi connectivity index (χ1n) is 12.9. The lowest BCUT2D eigenvalue weighted by Gasteiger charge is -2.19. The largest absolute Gasteiger partial charge is 0.338 e. The number of carbonyl (C=O) groups excluding carboxylic acids is 1. The number of urea groups is 1. The number of pyridine rings is 1. The molecule has 0 radical (unpaired) electrons. The zero-order chi connectivity index (χ0) is 27.9. The fraction of sp³-hybridized carbons (Fsp3) is 0.393. The van der Waals surface area contributed by atoms with Gasteiger partial charge in [-0.05, 0) is 55.3 Å². The van der Waals surface area contributed by atoms with Gasteiger partial charge in [-0.25, -0.2) is 19.2 Å². The Morgan fingerprint density at radius 1 is 1.13 bits per heavy atom. The molecule has 204 valence electrons. The van der Waals surface area contributed by atoms with Crippen molar-refractivity contribution in [2.24, 2.45) is 0 Å². The first kappa shape index (κ1) is 26.9. The number of aromatic nitrogens is 4. The quantitative estimate of drug-likeness (QED) is 0.211. The van der Waals surface area contributed by atoms with Crippen molar-refractivity contribution < 1.29 is 13.7 Å². The smallest absolute Gasteiger partial charge is 0.326 e. The number of fused-ring (bicyclic) bond motifs is 1. The second-order valence-electron chi connectivity index (χ2n) is 10.9. The van der Waals surface area contributed by atoms with E-state index in [2.05, 4.69) is 25.8 Å². The van der Waals surface area contributed by atoms with Crippen LogP contribution in [-0.2, 0) is 5.41 Å². The molecule has 1 aliphatic carbocycles. The van der Waals surface area contributed by atoms with Gasteiger partial charge in [0.25, 0.3) is 5.56 Å². The first-order valence-corrected chi connectivity index (χ1v) is 14.1. The summed E-state index contributed by atoms with van der Waals surface area (Å²) in [6, 6.07) is 5.52. The van der Waals surface area contributed by atoms with Gasteiger partial charge in [-0.2, -0.15) is 0 Å². The van der Waals surface area contributed by atoms with E-state index in [0.717, 1.165) is 31.1 Å². The summed E-state index contributed by atoms with van der Waals surface area (Å²) < 4.78 is 22.0. The second kappa shape index (κ2) is 10.4. The summed E-state index contributed by atoms with van der Waals surface area (Å²) in [6.07, 6.45) is 7.49. The van der Waals surface area contributed by atoms with Crippen molar-refractivity contribution in [1.82, 2.24) is 19.7 Å². The van der Waals surface area contributed by atoms with Crippen LogP contribution >= 0.6 is 11.8 Å². The van der Waals surface area contributed by atoms with Crippen molar-refractivity contribution in [3.63, 3.8) is 0 Å². The SMILES string of the molecule is CSc1ncc2cc(-c3cc(NC(=O)Nc4cc(C(C)(C)C)no4)c(F)cc3C)c(=O)n(C3CCCC3)c2n1. The van der Waals surface area contributed by atoms with Gasteiger partial charge in [0.05, 0.1) is 11.4 Å². The summed E-state index contributed by atoms with van der Waals surface area (Å²) in [6.45, 7) is 7.65. The lowest BCUT2D eigenvalue weighted by Crippen LogP contribution is -2.26. The molecule has 2 amide bonds. The fourth-order valence-electron chi connectivity index (χ4n) is 4.91. The molecule has 39 heavy (non-hydrogen) atoms. The predicted molar refractivity (Wildman–Crippen MR) is 151 cm³/mol. The Kier molecular flexibility index (Phi) is 7.19. The molecule has 0 bridgehead atoms. The van der Waals surface area contributed by atoms with Gasteiger partial charge >= 0.3 is 6.03 Å². The molecule has 1 aromatic carbocycles. The Balaban J connectivity index is 1.53.